The van der Waals surface area contributed by atoms with Gasteiger partial charge in [0, 0.05) is 12.5 Å². The highest BCUT2D eigenvalue weighted by atomic mass is 16.3. The minimum Gasteiger partial charge on any atom is -0.503 e. The van der Waals surface area contributed by atoms with Crippen molar-refractivity contribution in [3.05, 3.63) is 11.5 Å². The van der Waals surface area contributed by atoms with E-state index in [-0.39, 0.29) is 11.5 Å². The van der Waals surface area contributed by atoms with E-state index in [4.69, 9.17) is 0 Å². The summed E-state index contributed by atoms with van der Waals surface area (Å²) in [7, 11) is 0. The molecule has 0 unspecified atom stereocenters. The Morgan fingerprint density at radius 2 is 1.80 bits per heavy atom. The normalized spacial score (nSPS) is 24.4. The van der Waals surface area contributed by atoms with E-state index in [1.165, 1.54) is 32.1 Å². The average Bonchev–Trinajstić information content (AvgIpc) is 2.26. The molecule has 0 heterocycles. The second-order valence-electron chi connectivity index (χ2n) is 4.58. The van der Waals surface area contributed by atoms with Gasteiger partial charge in [-0.25, -0.2) is 0 Å². The number of nitrogens with one attached hydrogen (secondary N) is 1. The lowest BCUT2D eigenvalue weighted by atomic mass is 9.94. The summed E-state index contributed by atoms with van der Waals surface area (Å²) in [5.74, 6) is -0.105. The Hall–Kier alpha value is -0.990. The van der Waals surface area contributed by atoms with E-state index in [9.17, 15) is 9.90 Å². The molecule has 0 bridgehead atoms. The molecule has 0 aromatic heterocycles. The molecule has 0 aliphatic heterocycles. The molecule has 0 aromatic carbocycles. The summed E-state index contributed by atoms with van der Waals surface area (Å²) in [4.78, 5) is 11.3. The first-order valence-corrected chi connectivity index (χ1v) is 5.99. The average molecular weight is 209 g/mol. The van der Waals surface area contributed by atoms with Gasteiger partial charge >= 0.3 is 0 Å². The molecule has 0 spiro atoms. The molecule has 0 atom stereocenters. The van der Waals surface area contributed by atoms with Crippen LogP contribution in [0.2, 0.25) is 0 Å². The van der Waals surface area contributed by atoms with Crippen molar-refractivity contribution in [1.29, 1.82) is 0 Å². The Labute approximate surface area is 90.6 Å². The topological polar surface area (TPSA) is 49.3 Å². The van der Waals surface area contributed by atoms with Crippen molar-refractivity contribution in [3.63, 3.8) is 0 Å². The van der Waals surface area contributed by atoms with E-state index in [1.54, 1.807) is 0 Å². The summed E-state index contributed by atoms with van der Waals surface area (Å²) in [5.41, 5.74) is 0.790. The van der Waals surface area contributed by atoms with E-state index >= 15 is 0 Å². The van der Waals surface area contributed by atoms with Crippen molar-refractivity contribution in [3.8, 4) is 0 Å². The van der Waals surface area contributed by atoms with Gasteiger partial charge < -0.3 is 10.4 Å². The van der Waals surface area contributed by atoms with Crippen LogP contribution in [0.5, 0.6) is 0 Å². The molecule has 2 rings (SSSR count). The van der Waals surface area contributed by atoms with E-state index in [0.717, 1.165) is 18.5 Å². The molecule has 0 radical (unpaired) electrons. The number of aliphatic hydroxyl groups is 1. The van der Waals surface area contributed by atoms with E-state index in [1.807, 2.05) is 0 Å². The number of Topliss-reactive ketones (excluding diaryl/α,β-unsaturated/α-hetero) is 1. The first-order valence-electron chi connectivity index (χ1n) is 5.99. The zero-order chi connectivity index (χ0) is 10.7. The van der Waals surface area contributed by atoms with Gasteiger partial charge in [-0.05, 0) is 25.7 Å². The van der Waals surface area contributed by atoms with Crippen molar-refractivity contribution < 1.29 is 9.90 Å². The van der Waals surface area contributed by atoms with Crippen LogP contribution in [-0.2, 0) is 4.79 Å². The van der Waals surface area contributed by atoms with Crippen LogP contribution in [0, 0.1) is 0 Å². The fourth-order valence-electron chi connectivity index (χ4n) is 2.46. The van der Waals surface area contributed by atoms with Crippen LogP contribution >= 0.6 is 0 Å². The maximum Gasteiger partial charge on any atom is 0.198 e. The van der Waals surface area contributed by atoms with Crippen LogP contribution < -0.4 is 5.32 Å². The largest absolute Gasteiger partial charge is 0.503 e. The van der Waals surface area contributed by atoms with Crippen LogP contribution in [0.15, 0.2) is 11.5 Å². The Morgan fingerprint density at radius 1 is 1.07 bits per heavy atom. The van der Waals surface area contributed by atoms with Gasteiger partial charge in [0.2, 0.25) is 0 Å². The number of hydrogen-bond acceptors (Lipinski definition) is 3. The van der Waals surface area contributed by atoms with Gasteiger partial charge in [-0.2, -0.15) is 0 Å². The highest BCUT2D eigenvalue weighted by Crippen LogP contribution is 2.23. The van der Waals surface area contributed by atoms with Gasteiger partial charge in [-0.1, -0.05) is 19.3 Å². The van der Waals surface area contributed by atoms with Crippen LogP contribution in [-0.4, -0.2) is 16.9 Å². The van der Waals surface area contributed by atoms with Crippen molar-refractivity contribution >= 4 is 5.78 Å². The summed E-state index contributed by atoms with van der Waals surface area (Å²) < 4.78 is 0. The van der Waals surface area contributed by atoms with Gasteiger partial charge in [-0.15, -0.1) is 0 Å². The zero-order valence-corrected chi connectivity index (χ0v) is 9.09. The molecule has 0 saturated heterocycles. The molecule has 3 nitrogen and oxygen atoms in total. The summed E-state index contributed by atoms with van der Waals surface area (Å²) in [6, 6.07) is 0.474. The van der Waals surface area contributed by atoms with E-state index in [2.05, 4.69) is 5.32 Å². The lowest BCUT2D eigenvalue weighted by molar-refractivity contribution is -0.118. The molecule has 0 aromatic rings. The molecular formula is C12H19NO2. The van der Waals surface area contributed by atoms with Crippen LogP contribution in [0.25, 0.3) is 0 Å². The SMILES string of the molecule is O=C1CCCC(NC2CCCCC2)=C1O. The van der Waals surface area contributed by atoms with Crippen LogP contribution in [0.3, 0.4) is 0 Å². The third-order valence-corrected chi connectivity index (χ3v) is 3.36. The first kappa shape index (κ1) is 10.5. The number of allylic oxidation sites excluding steroid dienone is 2. The van der Waals surface area contributed by atoms with Crippen molar-refractivity contribution in [2.24, 2.45) is 0 Å². The summed E-state index contributed by atoms with van der Waals surface area (Å²) in [5, 5.41) is 13.0. The number of aliphatic hydroxyl groups excluding tert-OH is 1. The molecule has 15 heavy (non-hydrogen) atoms. The third kappa shape index (κ3) is 2.52. The zero-order valence-electron chi connectivity index (χ0n) is 9.09. The number of hydrogen-bond donors (Lipinski definition) is 2. The highest BCUT2D eigenvalue weighted by molar-refractivity contribution is 5.94. The summed E-state index contributed by atoms with van der Waals surface area (Å²) >= 11 is 0. The lowest BCUT2D eigenvalue weighted by Gasteiger charge is -2.27. The number of rotatable bonds is 2. The van der Waals surface area contributed by atoms with Crippen molar-refractivity contribution in [2.45, 2.75) is 57.4 Å². The molecule has 3 heteroatoms. The maximum atomic E-state index is 11.3. The minimum atomic E-state index is -0.0976. The third-order valence-electron chi connectivity index (χ3n) is 3.36. The molecule has 0 amide bonds. The smallest absolute Gasteiger partial charge is 0.198 e. The second kappa shape index (κ2) is 4.69. The maximum absolute atomic E-state index is 11.3. The minimum absolute atomic E-state index is 0.00757. The standard InChI is InChI=1S/C12H19NO2/c14-11-8-4-7-10(12(11)15)13-9-5-2-1-3-6-9/h9,13,15H,1-8H2. The molecule has 2 aliphatic carbocycles. The Morgan fingerprint density at radius 3 is 2.53 bits per heavy atom. The second-order valence-corrected chi connectivity index (χ2v) is 4.58. The molecule has 84 valence electrons. The van der Waals surface area contributed by atoms with Crippen LogP contribution in [0.4, 0.5) is 0 Å². The molecular weight excluding hydrogens is 190 g/mol. The van der Waals surface area contributed by atoms with Gasteiger partial charge in [0.25, 0.3) is 0 Å². The Balaban J connectivity index is 1.97. The summed E-state index contributed by atoms with van der Waals surface area (Å²) in [6.07, 6.45) is 8.39. The Bertz CT molecular complexity index is 277. The monoisotopic (exact) mass is 209 g/mol. The van der Waals surface area contributed by atoms with Gasteiger partial charge in [-0.3, -0.25) is 4.79 Å². The van der Waals surface area contributed by atoms with E-state index < -0.39 is 0 Å². The van der Waals surface area contributed by atoms with Crippen molar-refractivity contribution in [1.82, 2.24) is 5.32 Å². The van der Waals surface area contributed by atoms with Crippen LogP contribution in [0.1, 0.15) is 51.4 Å². The van der Waals surface area contributed by atoms with Gasteiger partial charge in [0.05, 0.1) is 5.70 Å². The van der Waals surface area contributed by atoms with Gasteiger partial charge in [0.1, 0.15) is 0 Å². The number of carbonyl (C=O) groups excluding carboxylic acids is 1. The Kier molecular flexibility index (Phi) is 3.29. The summed E-state index contributed by atoms with van der Waals surface area (Å²) in [6.45, 7) is 0. The molecule has 2 N–H and O–H groups in total. The quantitative estimate of drug-likeness (QED) is 0.734. The lowest BCUT2D eigenvalue weighted by Crippen LogP contribution is -2.33. The fourth-order valence-corrected chi connectivity index (χ4v) is 2.46. The number of ketones is 1. The van der Waals surface area contributed by atoms with Crippen molar-refractivity contribution in [2.75, 3.05) is 0 Å². The molecule has 2 aliphatic rings. The fraction of sp³-hybridized carbons (Fsp3) is 0.750. The highest BCUT2D eigenvalue weighted by Gasteiger charge is 2.22. The van der Waals surface area contributed by atoms with Gasteiger partial charge in [0.15, 0.2) is 11.5 Å². The van der Waals surface area contributed by atoms with E-state index in [0.29, 0.717) is 12.5 Å². The molecule has 1 saturated carbocycles. The number of carbonyl (C=O) groups is 1. The predicted molar refractivity (Wildman–Crippen MR) is 58.5 cm³/mol. The predicted octanol–water partition coefficient (Wildman–Crippen LogP) is 2.43. The first-order chi connectivity index (χ1) is 7.27. The molecule has 1 fully saturated rings.